The van der Waals surface area contributed by atoms with Gasteiger partial charge in [-0.1, -0.05) is 18.2 Å². The van der Waals surface area contributed by atoms with Crippen molar-refractivity contribution in [2.24, 2.45) is 10.7 Å². The van der Waals surface area contributed by atoms with Crippen molar-refractivity contribution >= 4 is 17.7 Å². The summed E-state index contributed by atoms with van der Waals surface area (Å²) >= 11 is 1.68. The summed E-state index contributed by atoms with van der Waals surface area (Å²) in [5.41, 5.74) is 6.63. The first-order chi connectivity index (χ1) is 9.18. The monoisotopic (exact) mass is 281 g/mol. The van der Waals surface area contributed by atoms with E-state index in [9.17, 15) is 4.39 Å². The molecular weight excluding hydrogens is 261 g/mol. The minimum absolute atomic E-state index is 0.133. The third kappa shape index (κ3) is 4.42. The predicted octanol–water partition coefficient (Wildman–Crippen LogP) is 2.47. The van der Waals surface area contributed by atoms with E-state index in [1.807, 2.05) is 24.1 Å². The van der Waals surface area contributed by atoms with Crippen LogP contribution in [0.1, 0.15) is 18.4 Å². The average molecular weight is 281 g/mol. The standard InChI is InChI=1S/C14H20FN3S/c1-18(12-6-7-12)14(16)17-8-9-19-10-11-4-2-3-5-13(11)15/h2-5,12H,6-10H2,1H3,(H2,16,17). The van der Waals surface area contributed by atoms with E-state index in [4.69, 9.17) is 5.73 Å². The van der Waals surface area contributed by atoms with Crippen molar-refractivity contribution in [1.82, 2.24) is 4.90 Å². The molecule has 0 aromatic heterocycles. The van der Waals surface area contributed by atoms with Gasteiger partial charge in [-0.15, -0.1) is 0 Å². The third-order valence-electron chi connectivity index (χ3n) is 3.18. The number of halogens is 1. The fraction of sp³-hybridized carbons (Fsp3) is 0.500. The summed E-state index contributed by atoms with van der Waals surface area (Å²) in [7, 11) is 1.99. The first-order valence-corrected chi connectivity index (χ1v) is 7.68. The summed E-state index contributed by atoms with van der Waals surface area (Å²) in [5.74, 6) is 2.02. The number of benzene rings is 1. The van der Waals surface area contributed by atoms with Gasteiger partial charge >= 0.3 is 0 Å². The van der Waals surface area contributed by atoms with Crippen LogP contribution in [0.25, 0.3) is 0 Å². The van der Waals surface area contributed by atoms with Gasteiger partial charge in [-0.25, -0.2) is 4.39 Å². The van der Waals surface area contributed by atoms with Crippen LogP contribution in [0.15, 0.2) is 29.3 Å². The van der Waals surface area contributed by atoms with Crippen LogP contribution in [-0.2, 0) is 5.75 Å². The average Bonchev–Trinajstić information content (AvgIpc) is 3.23. The van der Waals surface area contributed by atoms with E-state index in [2.05, 4.69) is 4.99 Å². The van der Waals surface area contributed by atoms with Gasteiger partial charge in [0.1, 0.15) is 5.82 Å². The number of hydrogen-bond donors (Lipinski definition) is 1. The second-order valence-corrected chi connectivity index (χ2v) is 5.83. The molecule has 2 N–H and O–H groups in total. The fourth-order valence-electron chi connectivity index (χ4n) is 1.78. The molecule has 1 aromatic carbocycles. The fourth-order valence-corrected chi connectivity index (χ4v) is 2.60. The highest BCUT2D eigenvalue weighted by atomic mass is 32.2. The van der Waals surface area contributed by atoms with Gasteiger partial charge in [-0.3, -0.25) is 4.99 Å². The van der Waals surface area contributed by atoms with Crippen LogP contribution in [0.5, 0.6) is 0 Å². The Bertz CT molecular complexity index is 446. The van der Waals surface area contributed by atoms with Crippen LogP contribution in [0.4, 0.5) is 4.39 Å². The molecule has 0 saturated heterocycles. The minimum atomic E-state index is -0.133. The second kappa shape index (κ2) is 6.80. The van der Waals surface area contributed by atoms with Crippen LogP contribution in [0, 0.1) is 5.82 Å². The molecular formula is C14H20FN3S. The van der Waals surface area contributed by atoms with Gasteiger partial charge in [0.05, 0.1) is 6.54 Å². The highest BCUT2D eigenvalue weighted by molar-refractivity contribution is 7.98. The molecule has 5 heteroatoms. The van der Waals surface area contributed by atoms with Crippen LogP contribution in [0.3, 0.4) is 0 Å². The van der Waals surface area contributed by atoms with Crippen molar-refractivity contribution in [2.45, 2.75) is 24.6 Å². The molecule has 104 valence electrons. The van der Waals surface area contributed by atoms with E-state index in [0.717, 1.165) is 11.3 Å². The first kappa shape index (κ1) is 14.2. The SMILES string of the molecule is CN(C(N)=NCCSCc1ccccc1F)C1CC1. The maximum atomic E-state index is 13.4. The van der Waals surface area contributed by atoms with Gasteiger partial charge < -0.3 is 10.6 Å². The number of nitrogens with two attached hydrogens (primary N) is 1. The first-order valence-electron chi connectivity index (χ1n) is 6.52. The highest BCUT2D eigenvalue weighted by Gasteiger charge is 2.27. The van der Waals surface area contributed by atoms with E-state index >= 15 is 0 Å². The highest BCUT2D eigenvalue weighted by Crippen LogP contribution is 2.24. The Labute approximate surface area is 118 Å². The lowest BCUT2D eigenvalue weighted by Crippen LogP contribution is -2.35. The Morgan fingerprint density at radius 1 is 1.47 bits per heavy atom. The molecule has 19 heavy (non-hydrogen) atoms. The topological polar surface area (TPSA) is 41.6 Å². The summed E-state index contributed by atoms with van der Waals surface area (Å²) in [5, 5.41) is 0. The lowest BCUT2D eigenvalue weighted by atomic mass is 10.2. The molecule has 0 radical (unpaired) electrons. The molecule has 0 unspecified atom stereocenters. The predicted molar refractivity (Wildman–Crippen MR) is 79.8 cm³/mol. The van der Waals surface area contributed by atoms with Crippen molar-refractivity contribution in [2.75, 3.05) is 19.3 Å². The Hall–Kier alpha value is -1.23. The van der Waals surface area contributed by atoms with E-state index in [1.165, 1.54) is 18.9 Å². The molecule has 0 aliphatic heterocycles. The Kier molecular flexibility index (Phi) is 5.07. The number of nitrogens with zero attached hydrogens (tertiary/aromatic N) is 2. The summed E-state index contributed by atoms with van der Waals surface area (Å²) in [6, 6.07) is 7.48. The zero-order valence-electron chi connectivity index (χ0n) is 11.2. The molecule has 1 fully saturated rings. The number of hydrogen-bond acceptors (Lipinski definition) is 2. The number of rotatable bonds is 6. The van der Waals surface area contributed by atoms with Gasteiger partial charge in [0.15, 0.2) is 5.96 Å². The van der Waals surface area contributed by atoms with Crippen molar-refractivity contribution < 1.29 is 4.39 Å². The van der Waals surface area contributed by atoms with Crippen LogP contribution in [-0.4, -0.2) is 36.2 Å². The molecule has 0 heterocycles. The maximum absolute atomic E-state index is 13.4. The zero-order chi connectivity index (χ0) is 13.7. The summed E-state index contributed by atoms with van der Waals surface area (Å²) < 4.78 is 13.4. The van der Waals surface area contributed by atoms with Gasteiger partial charge in [-0.2, -0.15) is 11.8 Å². The molecule has 1 aromatic rings. The molecule has 0 atom stereocenters. The number of aliphatic imine (C=N–C) groups is 1. The summed E-state index contributed by atoms with van der Waals surface area (Å²) in [6.07, 6.45) is 2.43. The van der Waals surface area contributed by atoms with Crippen molar-refractivity contribution in [1.29, 1.82) is 0 Å². The summed E-state index contributed by atoms with van der Waals surface area (Å²) in [6.45, 7) is 0.683. The quantitative estimate of drug-likeness (QED) is 0.495. The zero-order valence-corrected chi connectivity index (χ0v) is 12.0. The van der Waals surface area contributed by atoms with Gasteiger partial charge in [0.25, 0.3) is 0 Å². The van der Waals surface area contributed by atoms with Crippen molar-refractivity contribution in [3.05, 3.63) is 35.6 Å². The van der Waals surface area contributed by atoms with E-state index < -0.39 is 0 Å². The van der Waals surface area contributed by atoms with Crippen molar-refractivity contribution in [3.63, 3.8) is 0 Å². The normalized spacial score (nSPS) is 15.6. The van der Waals surface area contributed by atoms with Crippen LogP contribution >= 0.6 is 11.8 Å². The van der Waals surface area contributed by atoms with E-state index in [0.29, 0.717) is 24.3 Å². The van der Waals surface area contributed by atoms with Gasteiger partial charge in [0, 0.05) is 24.6 Å². The summed E-state index contributed by atoms with van der Waals surface area (Å²) in [4.78, 5) is 6.39. The van der Waals surface area contributed by atoms with E-state index in [-0.39, 0.29) is 5.82 Å². The van der Waals surface area contributed by atoms with Gasteiger partial charge in [0.2, 0.25) is 0 Å². The van der Waals surface area contributed by atoms with Gasteiger partial charge in [-0.05, 0) is 24.5 Å². The Balaban J connectivity index is 1.66. The molecule has 2 rings (SSSR count). The lowest BCUT2D eigenvalue weighted by molar-refractivity contribution is 0.488. The smallest absolute Gasteiger partial charge is 0.191 e. The molecule has 0 amide bonds. The van der Waals surface area contributed by atoms with E-state index in [1.54, 1.807) is 17.8 Å². The number of thioether (sulfide) groups is 1. The van der Waals surface area contributed by atoms with Crippen LogP contribution < -0.4 is 5.73 Å². The minimum Gasteiger partial charge on any atom is -0.370 e. The molecule has 1 aliphatic rings. The second-order valence-electron chi connectivity index (χ2n) is 4.73. The molecule has 1 saturated carbocycles. The maximum Gasteiger partial charge on any atom is 0.191 e. The Morgan fingerprint density at radius 2 is 2.21 bits per heavy atom. The van der Waals surface area contributed by atoms with Crippen molar-refractivity contribution in [3.8, 4) is 0 Å². The van der Waals surface area contributed by atoms with Crippen LogP contribution in [0.2, 0.25) is 0 Å². The molecule has 0 spiro atoms. The third-order valence-corrected chi connectivity index (χ3v) is 4.17. The molecule has 1 aliphatic carbocycles. The largest absolute Gasteiger partial charge is 0.370 e. The molecule has 3 nitrogen and oxygen atoms in total. The number of guanidine groups is 1. The molecule has 0 bridgehead atoms. The Morgan fingerprint density at radius 3 is 2.89 bits per heavy atom. The lowest BCUT2D eigenvalue weighted by Gasteiger charge is -2.16.